The lowest BCUT2D eigenvalue weighted by molar-refractivity contribution is -0.123. The molecule has 23 heavy (non-hydrogen) atoms. The highest BCUT2D eigenvalue weighted by Gasteiger charge is 2.44. The number of hydrazine groups is 1. The Morgan fingerprint density at radius 3 is 2.35 bits per heavy atom. The number of amides is 2. The molecule has 2 aromatic rings. The summed E-state index contributed by atoms with van der Waals surface area (Å²) in [6, 6.07) is 13.9. The quantitative estimate of drug-likeness (QED) is 0.833. The molecule has 0 saturated heterocycles. The molecular formula is C17H14Cl2N2O2. The lowest BCUT2D eigenvalue weighted by Gasteiger charge is -2.08. The summed E-state index contributed by atoms with van der Waals surface area (Å²) < 4.78 is 0. The van der Waals surface area contributed by atoms with Crippen LogP contribution in [0.15, 0.2) is 48.5 Å². The van der Waals surface area contributed by atoms with Crippen LogP contribution in [0.25, 0.3) is 0 Å². The van der Waals surface area contributed by atoms with E-state index in [1.807, 2.05) is 24.3 Å². The first-order valence-electron chi connectivity index (χ1n) is 7.16. The third-order valence-electron chi connectivity index (χ3n) is 3.84. The molecule has 2 unspecified atom stereocenters. The Hall–Kier alpha value is -2.04. The van der Waals surface area contributed by atoms with Gasteiger partial charge in [-0.2, -0.15) is 0 Å². The molecule has 118 valence electrons. The molecule has 6 heteroatoms. The monoisotopic (exact) mass is 348 g/mol. The fraction of sp³-hybridized carbons (Fsp3) is 0.176. The van der Waals surface area contributed by atoms with Crippen LogP contribution in [0.4, 0.5) is 0 Å². The van der Waals surface area contributed by atoms with E-state index < -0.39 is 0 Å². The van der Waals surface area contributed by atoms with Crippen LogP contribution in [-0.4, -0.2) is 11.8 Å². The van der Waals surface area contributed by atoms with Crippen molar-refractivity contribution in [2.24, 2.45) is 5.92 Å². The van der Waals surface area contributed by atoms with Crippen molar-refractivity contribution in [1.82, 2.24) is 10.9 Å². The molecule has 1 fully saturated rings. The van der Waals surface area contributed by atoms with Gasteiger partial charge in [0, 0.05) is 21.5 Å². The maximum Gasteiger partial charge on any atom is 0.269 e. The number of hydrogen-bond donors (Lipinski definition) is 2. The van der Waals surface area contributed by atoms with E-state index in [0.717, 1.165) is 12.0 Å². The van der Waals surface area contributed by atoms with Crippen molar-refractivity contribution in [3.05, 3.63) is 69.7 Å². The normalized spacial score (nSPS) is 19.0. The summed E-state index contributed by atoms with van der Waals surface area (Å²) in [6.07, 6.45) is 0.729. The minimum absolute atomic E-state index is 0.108. The van der Waals surface area contributed by atoms with Gasteiger partial charge in [-0.25, -0.2) is 0 Å². The highest BCUT2D eigenvalue weighted by molar-refractivity contribution is 6.31. The summed E-state index contributed by atoms with van der Waals surface area (Å²) in [7, 11) is 0. The average molecular weight is 349 g/mol. The summed E-state index contributed by atoms with van der Waals surface area (Å²) in [5, 5.41) is 1.21. The Labute approximate surface area is 143 Å². The Kier molecular flexibility index (Phi) is 4.55. The molecule has 1 saturated carbocycles. The average Bonchev–Trinajstić information content (AvgIpc) is 3.34. The van der Waals surface area contributed by atoms with Crippen LogP contribution < -0.4 is 10.9 Å². The van der Waals surface area contributed by atoms with Crippen LogP contribution in [0.5, 0.6) is 0 Å². The van der Waals surface area contributed by atoms with Crippen molar-refractivity contribution < 1.29 is 9.59 Å². The molecule has 1 aliphatic rings. The van der Waals surface area contributed by atoms with Gasteiger partial charge in [-0.05, 0) is 48.2 Å². The second-order valence-corrected chi connectivity index (χ2v) is 6.26. The van der Waals surface area contributed by atoms with E-state index in [9.17, 15) is 9.59 Å². The topological polar surface area (TPSA) is 58.2 Å². The van der Waals surface area contributed by atoms with Crippen LogP contribution in [0, 0.1) is 5.92 Å². The van der Waals surface area contributed by atoms with Crippen molar-refractivity contribution in [3.63, 3.8) is 0 Å². The molecule has 2 N–H and O–H groups in total. The number of nitrogens with one attached hydrogen (secondary N) is 2. The van der Waals surface area contributed by atoms with Gasteiger partial charge in [0.25, 0.3) is 5.91 Å². The van der Waals surface area contributed by atoms with Crippen LogP contribution in [0.2, 0.25) is 10.0 Å². The van der Waals surface area contributed by atoms with Gasteiger partial charge in [0.1, 0.15) is 0 Å². The first-order valence-corrected chi connectivity index (χ1v) is 7.92. The Balaban J connectivity index is 1.54. The van der Waals surface area contributed by atoms with Crippen molar-refractivity contribution >= 4 is 35.0 Å². The Morgan fingerprint density at radius 1 is 0.957 bits per heavy atom. The van der Waals surface area contributed by atoms with Crippen LogP contribution >= 0.6 is 23.2 Å². The predicted molar refractivity (Wildman–Crippen MR) is 89.4 cm³/mol. The summed E-state index contributed by atoms with van der Waals surface area (Å²) in [5.41, 5.74) is 6.27. The summed E-state index contributed by atoms with van der Waals surface area (Å²) in [5.74, 6) is -0.654. The van der Waals surface area contributed by atoms with Gasteiger partial charge >= 0.3 is 0 Å². The van der Waals surface area contributed by atoms with Gasteiger partial charge in [-0.15, -0.1) is 0 Å². The Bertz CT molecular complexity index is 747. The maximum atomic E-state index is 12.1. The van der Waals surface area contributed by atoms with Gasteiger partial charge in [0.15, 0.2) is 0 Å². The molecule has 2 amide bonds. The number of benzene rings is 2. The van der Waals surface area contributed by atoms with E-state index >= 15 is 0 Å². The minimum Gasteiger partial charge on any atom is -0.273 e. The number of carbonyl (C=O) groups is 2. The first-order chi connectivity index (χ1) is 11.1. The van der Waals surface area contributed by atoms with Gasteiger partial charge in [-0.3, -0.25) is 20.4 Å². The summed E-state index contributed by atoms with van der Waals surface area (Å²) in [4.78, 5) is 24.0. The SMILES string of the molecule is O=C(NNC(=O)C1CC1c1ccccc1Cl)c1ccc(Cl)cc1. The fourth-order valence-electron chi connectivity index (χ4n) is 2.49. The second-order valence-electron chi connectivity index (χ2n) is 5.42. The molecule has 0 heterocycles. The van der Waals surface area contributed by atoms with E-state index in [1.165, 1.54) is 0 Å². The van der Waals surface area contributed by atoms with Gasteiger partial charge < -0.3 is 0 Å². The number of rotatable bonds is 3. The lowest BCUT2D eigenvalue weighted by atomic mass is 10.1. The first kappa shape index (κ1) is 15.8. The molecule has 0 spiro atoms. The smallest absolute Gasteiger partial charge is 0.269 e. The number of hydrogen-bond acceptors (Lipinski definition) is 2. The second kappa shape index (κ2) is 6.60. The molecule has 2 aromatic carbocycles. The zero-order chi connectivity index (χ0) is 16.4. The molecule has 0 bridgehead atoms. The van der Waals surface area contributed by atoms with Crippen LogP contribution in [0.3, 0.4) is 0 Å². The summed E-state index contributed by atoms with van der Waals surface area (Å²) in [6.45, 7) is 0. The standard InChI is InChI=1S/C17H14Cl2N2O2/c18-11-7-5-10(6-8-11)16(22)20-21-17(23)14-9-13(14)12-3-1-2-4-15(12)19/h1-8,13-14H,9H2,(H,20,22)(H,21,23). The number of halogens is 2. The van der Waals surface area contributed by atoms with Gasteiger partial charge in [0.05, 0.1) is 0 Å². The molecule has 0 aliphatic heterocycles. The highest BCUT2D eigenvalue weighted by Crippen LogP contribution is 2.49. The van der Waals surface area contributed by atoms with E-state index in [2.05, 4.69) is 10.9 Å². The summed E-state index contributed by atoms with van der Waals surface area (Å²) >= 11 is 11.9. The van der Waals surface area contributed by atoms with Gasteiger partial charge in [0.2, 0.25) is 5.91 Å². The third-order valence-corrected chi connectivity index (χ3v) is 4.43. The van der Waals surface area contributed by atoms with E-state index in [0.29, 0.717) is 15.6 Å². The van der Waals surface area contributed by atoms with E-state index in [1.54, 1.807) is 24.3 Å². The van der Waals surface area contributed by atoms with Crippen LogP contribution in [0.1, 0.15) is 28.3 Å². The molecule has 1 aliphatic carbocycles. The molecular weight excluding hydrogens is 335 g/mol. The zero-order valence-corrected chi connectivity index (χ0v) is 13.6. The largest absolute Gasteiger partial charge is 0.273 e. The number of carbonyl (C=O) groups excluding carboxylic acids is 2. The van der Waals surface area contributed by atoms with Crippen LogP contribution in [-0.2, 0) is 4.79 Å². The lowest BCUT2D eigenvalue weighted by Crippen LogP contribution is -2.42. The zero-order valence-electron chi connectivity index (χ0n) is 12.1. The third kappa shape index (κ3) is 3.66. The van der Waals surface area contributed by atoms with E-state index in [4.69, 9.17) is 23.2 Å². The Morgan fingerprint density at radius 2 is 1.65 bits per heavy atom. The van der Waals surface area contributed by atoms with Crippen molar-refractivity contribution in [2.45, 2.75) is 12.3 Å². The predicted octanol–water partition coefficient (Wildman–Crippen LogP) is 3.56. The molecule has 2 atom stereocenters. The fourth-order valence-corrected chi connectivity index (χ4v) is 2.89. The van der Waals surface area contributed by atoms with E-state index in [-0.39, 0.29) is 23.7 Å². The molecule has 0 aromatic heterocycles. The van der Waals surface area contributed by atoms with Gasteiger partial charge in [-0.1, -0.05) is 41.4 Å². The highest BCUT2D eigenvalue weighted by atomic mass is 35.5. The van der Waals surface area contributed by atoms with Crippen molar-refractivity contribution in [1.29, 1.82) is 0 Å². The minimum atomic E-state index is -0.384. The van der Waals surface area contributed by atoms with Crippen molar-refractivity contribution in [3.8, 4) is 0 Å². The molecule has 3 rings (SSSR count). The molecule has 4 nitrogen and oxygen atoms in total. The van der Waals surface area contributed by atoms with Crippen molar-refractivity contribution in [2.75, 3.05) is 0 Å². The molecule has 0 radical (unpaired) electrons. The maximum absolute atomic E-state index is 12.1.